The quantitative estimate of drug-likeness (QED) is 0.533. The van der Waals surface area contributed by atoms with Crippen molar-refractivity contribution in [2.45, 2.75) is 17.3 Å². The van der Waals surface area contributed by atoms with Crippen molar-refractivity contribution in [3.63, 3.8) is 0 Å². The van der Waals surface area contributed by atoms with Gasteiger partial charge in [0, 0.05) is 0 Å². The summed E-state index contributed by atoms with van der Waals surface area (Å²) >= 11 is 7.50. The van der Waals surface area contributed by atoms with E-state index in [4.69, 9.17) is 16.9 Å². The second kappa shape index (κ2) is 6.45. The van der Waals surface area contributed by atoms with E-state index in [1.54, 1.807) is 43.3 Å². The standard InChI is InChI=1S/C17H12ClN3OS/c1-11(10-19)23-17-20-14-8-4-2-6-12(14)16(22)21(17)15-9-5-3-7-13(15)18/h2-9,11H,1H3/t11-/m1/s1. The van der Waals surface area contributed by atoms with E-state index in [1.165, 1.54) is 16.3 Å². The lowest BCUT2D eigenvalue weighted by atomic mass is 10.2. The Morgan fingerprint density at radius 3 is 2.65 bits per heavy atom. The van der Waals surface area contributed by atoms with Gasteiger partial charge in [-0.1, -0.05) is 47.6 Å². The number of rotatable bonds is 3. The molecule has 0 unspecified atom stereocenters. The van der Waals surface area contributed by atoms with Gasteiger partial charge >= 0.3 is 0 Å². The van der Waals surface area contributed by atoms with Gasteiger partial charge in [-0.05, 0) is 31.2 Å². The molecular formula is C17H12ClN3OS. The first-order valence-electron chi connectivity index (χ1n) is 6.95. The first kappa shape index (κ1) is 15.6. The molecule has 0 aliphatic rings. The minimum absolute atomic E-state index is 0.198. The monoisotopic (exact) mass is 341 g/mol. The summed E-state index contributed by atoms with van der Waals surface area (Å²) in [4.78, 5) is 17.5. The van der Waals surface area contributed by atoms with Crippen LogP contribution in [0.25, 0.3) is 16.6 Å². The second-order valence-electron chi connectivity index (χ2n) is 4.89. The van der Waals surface area contributed by atoms with E-state index in [1.807, 2.05) is 12.1 Å². The summed E-state index contributed by atoms with van der Waals surface area (Å²) in [6.07, 6.45) is 0. The van der Waals surface area contributed by atoms with Crippen LogP contribution in [0.2, 0.25) is 5.02 Å². The summed E-state index contributed by atoms with van der Waals surface area (Å²) in [6.45, 7) is 1.77. The molecule has 6 heteroatoms. The maximum absolute atomic E-state index is 12.9. The normalized spacial score (nSPS) is 12.0. The van der Waals surface area contributed by atoms with E-state index in [2.05, 4.69) is 11.1 Å². The van der Waals surface area contributed by atoms with E-state index in [0.29, 0.717) is 26.8 Å². The molecule has 0 aliphatic carbocycles. The van der Waals surface area contributed by atoms with Crippen LogP contribution in [0, 0.1) is 11.3 Å². The summed E-state index contributed by atoms with van der Waals surface area (Å²) in [6, 6.07) is 16.4. The fourth-order valence-corrected chi connectivity index (χ4v) is 3.25. The van der Waals surface area contributed by atoms with Gasteiger partial charge in [-0.25, -0.2) is 4.98 Å². The van der Waals surface area contributed by atoms with Gasteiger partial charge in [0.1, 0.15) is 0 Å². The van der Waals surface area contributed by atoms with Gasteiger partial charge in [0.25, 0.3) is 5.56 Å². The molecule has 0 aliphatic heterocycles. The molecule has 0 radical (unpaired) electrons. The Morgan fingerprint density at radius 2 is 1.91 bits per heavy atom. The van der Waals surface area contributed by atoms with E-state index in [9.17, 15) is 4.79 Å². The van der Waals surface area contributed by atoms with Crippen LogP contribution < -0.4 is 5.56 Å². The molecule has 23 heavy (non-hydrogen) atoms. The summed E-state index contributed by atoms with van der Waals surface area (Å²) in [7, 11) is 0. The van der Waals surface area contributed by atoms with Gasteiger partial charge in [0.15, 0.2) is 5.16 Å². The second-order valence-corrected chi connectivity index (χ2v) is 6.61. The Morgan fingerprint density at radius 1 is 1.22 bits per heavy atom. The molecule has 0 fully saturated rings. The molecule has 3 rings (SSSR count). The van der Waals surface area contributed by atoms with E-state index in [-0.39, 0.29) is 10.8 Å². The zero-order valence-corrected chi connectivity index (χ0v) is 13.8. The van der Waals surface area contributed by atoms with Crippen molar-refractivity contribution in [3.05, 3.63) is 63.9 Å². The third-order valence-electron chi connectivity index (χ3n) is 3.30. The van der Waals surface area contributed by atoms with E-state index < -0.39 is 0 Å². The largest absolute Gasteiger partial charge is 0.268 e. The topological polar surface area (TPSA) is 58.7 Å². The van der Waals surface area contributed by atoms with Gasteiger partial charge in [-0.3, -0.25) is 9.36 Å². The van der Waals surface area contributed by atoms with E-state index in [0.717, 1.165) is 0 Å². The average molecular weight is 342 g/mol. The fraction of sp³-hybridized carbons (Fsp3) is 0.118. The molecule has 0 bridgehead atoms. The van der Waals surface area contributed by atoms with Crippen molar-refractivity contribution in [3.8, 4) is 11.8 Å². The Labute approximate surface area is 142 Å². The molecule has 1 aromatic heterocycles. The zero-order valence-electron chi connectivity index (χ0n) is 12.2. The molecule has 0 N–H and O–H groups in total. The Kier molecular flexibility index (Phi) is 4.37. The van der Waals surface area contributed by atoms with Crippen LogP contribution in [0.3, 0.4) is 0 Å². The molecular weight excluding hydrogens is 330 g/mol. The number of halogens is 1. The van der Waals surface area contributed by atoms with Crippen molar-refractivity contribution in [2.24, 2.45) is 0 Å². The van der Waals surface area contributed by atoms with Crippen LogP contribution in [0.4, 0.5) is 0 Å². The van der Waals surface area contributed by atoms with Gasteiger partial charge in [0.05, 0.1) is 32.9 Å². The molecule has 2 aromatic carbocycles. The molecule has 114 valence electrons. The average Bonchev–Trinajstić information content (AvgIpc) is 2.56. The summed E-state index contributed by atoms with van der Waals surface area (Å²) in [5.74, 6) is 0. The lowest BCUT2D eigenvalue weighted by Gasteiger charge is -2.14. The molecule has 0 spiro atoms. The highest BCUT2D eigenvalue weighted by Crippen LogP contribution is 2.27. The number of fused-ring (bicyclic) bond motifs is 1. The maximum atomic E-state index is 12.9. The number of hydrogen-bond donors (Lipinski definition) is 0. The molecule has 0 saturated heterocycles. The number of thioether (sulfide) groups is 1. The summed E-state index contributed by atoms with van der Waals surface area (Å²) < 4.78 is 1.48. The van der Waals surface area contributed by atoms with Crippen molar-refractivity contribution in [2.75, 3.05) is 0 Å². The van der Waals surface area contributed by atoms with Crippen molar-refractivity contribution < 1.29 is 0 Å². The molecule has 1 atom stereocenters. The lowest BCUT2D eigenvalue weighted by Crippen LogP contribution is -2.22. The van der Waals surface area contributed by atoms with Gasteiger partial charge in [0.2, 0.25) is 0 Å². The number of hydrogen-bond acceptors (Lipinski definition) is 4. The summed E-state index contributed by atoms with van der Waals surface area (Å²) in [5, 5.41) is 10.2. The van der Waals surface area contributed by atoms with Crippen molar-refractivity contribution in [1.29, 1.82) is 5.26 Å². The Balaban J connectivity index is 2.36. The minimum Gasteiger partial charge on any atom is -0.268 e. The predicted molar refractivity (Wildman–Crippen MR) is 93.3 cm³/mol. The smallest absolute Gasteiger partial charge is 0.266 e. The molecule has 4 nitrogen and oxygen atoms in total. The fourth-order valence-electron chi connectivity index (χ4n) is 2.22. The van der Waals surface area contributed by atoms with Gasteiger partial charge < -0.3 is 0 Å². The van der Waals surface area contributed by atoms with E-state index >= 15 is 0 Å². The first-order valence-corrected chi connectivity index (χ1v) is 8.20. The zero-order chi connectivity index (χ0) is 16.4. The molecule has 1 heterocycles. The minimum atomic E-state index is -0.336. The van der Waals surface area contributed by atoms with Crippen LogP contribution >= 0.6 is 23.4 Å². The SMILES string of the molecule is C[C@H](C#N)Sc1nc2ccccc2c(=O)n1-c1ccccc1Cl. The molecule has 0 amide bonds. The van der Waals surface area contributed by atoms with Crippen LogP contribution in [-0.2, 0) is 0 Å². The van der Waals surface area contributed by atoms with Crippen molar-refractivity contribution >= 4 is 34.3 Å². The Hall–Kier alpha value is -2.29. The van der Waals surface area contributed by atoms with Crippen LogP contribution in [0.1, 0.15) is 6.92 Å². The van der Waals surface area contributed by atoms with Gasteiger partial charge in [-0.2, -0.15) is 5.26 Å². The van der Waals surface area contributed by atoms with Gasteiger partial charge in [-0.15, -0.1) is 0 Å². The number of aromatic nitrogens is 2. The lowest BCUT2D eigenvalue weighted by molar-refractivity contribution is 0.818. The maximum Gasteiger partial charge on any atom is 0.266 e. The highest BCUT2D eigenvalue weighted by Gasteiger charge is 2.17. The highest BCUT2D eigenvalue weighted by molar-refractivity contribution is 8.00. The summed E-state index contributed by atoms with van der Waals surface area (Å²) in [5.41, 5.74) is 0.967. The highest BCUT2D eigenvalue weighted by atomic mass is 35.5. The van der Waals surface area contributed by atoms with Crippen LogP contribution in [0.5, 0.6) is 0 Å². The molecule has 0 saturated carbocycles. The van der Waals surface area contributed by atoms with Crippen molar-refractivity contribution in [1.82, 2.24) is 9.55 Å². The molecule has 3 aromatic rings. The van der Waals surface area contributed by atoms with Crippen LogP contribution in [-0.4, -0.2) is 14.8 Å². The van der Waals surface area contributed by atoms with Crippen LogP contribution in [0.15, 0.2) is 58.5 Å². The number of para-hydroxylation sites is 2. The third kappa shape index (κ3) is 2.96. The number of nitriles is 1. The first-order chi connectivity index (χ1) is 11.1. The number of benzene rings is 2. The number of nitrogens with zero attached hydrogens (tertiary/aromatic N) is 3. The Bertz CT molecular complexity index is 977. The third-order valence-corrected chi connectivity index (χ3v) is 4.57. The predicted octanol–water partition coefficient (Wildman–Crippen LogP) is 4.04.